The number of nitrogens with zero attached hydrogens (tertiary/aromatic N) is 2. The summed E-state index contributed by atoms with van der Waals surface area (Å²) in [6, 6.07) is 1.66. The van der Waals surface area contributed by atoms with Crippen molar-refractivity contribution in [2.45, 2.75) is 6.92 Å². The third-order valence-corrected chi connectivity index (χ3v) is 1.50. The number of H-pyrrole nitrogens is 1. The molecule has 0 aliphatic rings. The number of hydrogen-bond acceptors (Lipinski definition) is 2. The predicted molar refractivity (Wildman–Crippen MR) is 38.6 cm³/mol. The summed E-state index contributed by atoms with van der Waals surface area (Å²) in [5.74, 6) is 0. The van der Waals surface area contributed by atoms with E-state index in [0.29, 0.717) is 0 Å². The molecule has 3 nitrogen and oxygen atoms in total. The molecule has 0 aliphatic carbocycles. The number of aromatic nitrogens is 3. The highest BCUT2D eigenvalue weighted by Gasteiger charge is 1.97. The Morgan fingerprint density at radius 1 is 1.70 bits per heavy atom. The number of pyridine rings is 1. The zero-order valence-corrected chi connectivity index (χ0v) is 5.55. The zero-order chi connectivity index (χ0) is 7.84. The molecule has 10 heavy (non-hydrogen) atoms. The summed E-state index contributed by atoms with van der Waals surface area (Å²) in [5, 5.41) is 7.79. The monoisotopic (exact) mass is 134 g/mol. The standard InChI is InChI=1S/C7H7N3/c1-5-6-4-8-3-2-7(6)10-9-5/h2-4H,1H3,(H,9,10)/i3D. The first-order valence-corrected chi connectivity index (χ1v) is 3.05. The average molecular weight is 134 g/mol. The van der Waals surface area contributed by atoms with Gasteiger partial charge in [-0.2, -0.15) is 5.10 Å². The molecular formula is C7H7N3. The van der Waals surface area contributed by atoms with Crippen molar-refractivity contribution in [3.05, 3.63) is 24.1 Å². The summed E-state index contributed by atoms with van der Waals surface area (Å²) in [4.78, 5) is 3.85. The smallest absolute Gasteiger partial charge is 0.0841 e. The van der Waals surface area contributed by atoms with E-state index in [9.17, 15) is 0 Å². The molecule has 0 aromatic carbocycles. The summed E-state index contributed by atoms with van der Waals surface area (Å²) in [5.41, 5.74) is 1.80. The van der Waals surface area contributed by atoms with Gasteiger partial charge < -0.3 is 0 Å². The van der Waals surface area contributed by atoms with Gasteiger partial charge in [-0.3, -0.25) is 10.1 Å². The average Bonchev–Trinajstić information content (AvgIpc) is 2.32. The number of nitrogens with one attached hydrogen (secondary N) is 1. The molecule has 0 saturated heterocycles. The van der Waals surface area contributed by atoms with Crippen molar-refractivity contribution in [3.8, 4) is 0 Å². The van der Waals surface area contributed by atoms with Crippen molar-refractivity contribution >= 4 is 10.9 Å². The molecule has 0 fully saturated rings. The van der Waals surface area contributed by atoms with Gasteiger partial charge in [-0.1, -0.05) is 0 Å². The Labute approximate surface area is 59.5 Å². The molecule has 0 aliphatic heterocycles. The van der Waals surface area contributed by atoms with Crippen LogP contribution in [-0.2, 0) is 0 Å². The van der Waals surface area contributed by atoms with E-state index in [1.54, 1.807) is 12.3 Å². The van der Waals surface area contributed by atoms with Crippen LogP contribution in [0.2, 0.25) is 0 Å². The fourth-order valence-electron chi connectivity index (χ4n) is 0.936. The Morgan fingerprint density at radius 2 is 2.60 bits per heavy atom. The van der Waals surface area contributed by atoms with Gasteiger partial charge in [0.25, 0.3) is 0 Å². The molecule has 0 spiro atoms. The summed E-state index contributed by atoms with van der Waals surface area (Å²) >= 11 is 0. The molecule has 0 amide bonds. The number of aromatic amines is 1. The predicted octanol–water partition coefficient (Wildman–Crippen LogP) is 1.27. The number of hydrogen-bond donors (Lipinski definition) is 1. The number of fused-ring (bicyclic) bond motifs is 1. The molecule has 0 bridgehead atoms. The van der Waals surface area contributed by atoms with E-state index in [4.69, 9.17) is 1.37 Å². The first-order valence-electron chi connectivity index (χ1n) is 3.55. The largest absolute Gasteiger partial charge is 0.277 e. The summed E-state index contributed by atoms with van der Waals surface area (Å²) in [6.07, 6.45) is 1.93. The number of aryl methyl sites for hydroxylation is 1. The lowest BCUT2D eigenvalue weighted by atomic mass is 10.3. The Bertz CT molecular complexity index is 393. The summed E-state index contributed by atoms with van der Waals surface area (Å²) in [7, 11) is 0. The van der Waals surface area contributed by atoms with Gasteiger partial charge in [-0.25, -0.2) is 0 Å². The Balaban J connectivity index is 2.86. The second-order valence-corrected chi connectivity index (χ2v) is 2.17. The van der Waals surface area contributed by atoms with E-state index in [2.05, 4.69) is 15.2 Å². The van der Waals surface area contributed by atoms with E-state index >= 15 is 0 Å². The molecular weight excluding hydrogens is 126 g/mol. The van der Waals surface area contributed by atoms with Gasteiger partial charge in [0.05, 0.1) is 12.6 Å². The normalized spacial score (nSPS) is 11.9. The second-order valence-electron chi connectivity index (χ2n) is 2.17. The second kappa shape index (κ2) is 1.80. The van der Waals surface area contributed by atoms with Crippen molar-refractivity contribution in [2.24, 2.45) is 0 Å². The van der Waals surface area contributed by atoms with E-state index < -0.39 is 0 Å². The third-order valence-electron chi connectivity index (χ3n) is 1.50. The van der Waals surface area contributed by atoms with Gasteiger partial charge in [0.1, 0.15) is 0 Å². The minimum absolute atomic E-state index is 0.265. The van der Waals surface area contributed by atoms with Crippen LogP contribution in [0.15, 0.2) is 18.4 Å². The van der Waals surface area contributed by atoms with Gasteiger partial charge in [-0.05, 0) is 13.0 Å². The lowest BCUT2D eigenvalue weighted by molar-refractivity contribution is 1.07. The molecule has 50 valence electrons. The Kier molecular flexibility index (Phi) is 0.799. The fourth-order valence-corrected chi connectivity index (χ4v) is 0.936. The molecule has 0 unspecified atom stereocenters. The van der Waals surface area contributed by atoms with E-state index in [0.717, 1.165) is 16.6 Å². The molecule has 3 heteroatoms. The van der Waals surface area contributed by atoms with Crippen molar-refractivity contribution < 1.29 is 1.37 Å². The SMILES string of the molecule is [2H]c1cc2[nH]nc(C)c2cn1. The Morgan fingerprint density at radius 3 is 3.50 bits per heavy atom. The van der Waals surface area contributed by atoms with Crippen LogP contribution in [-0.4, -0.2) is 15.2 Å². The van der Waals surface area contributed by atoms with Crippen molar-refractivity contribution in [2.75, 3.05) is 0 Å². The molecule has 0 atom stereocenters. The third kappa shape index (κ3) is 0.603. The highest BCUT2D eigenvalue weighted by atomic mass is 15.1. The highest BCUT2D eigenvalue weighted by Crippen LogP contribution is 2.11. The van der Waals surface area contributed by atoms with E-state index in [1.807, 2.05) is 6.92 Å². The van der Waals surface area contributed by atoms with Crippen LogP contribution in [0, 0.1) is 6.92 Å². The zero-order valence-electron chi connectivity index (χ0n) is 6.55. The molecule has 2 rings (SSSR count). The number of rotatable bonds is 0. The first kappa shape index (κ1) is 4.44. The van der Waals surface area contributed by atoms with Crippen LogP contribution < -0.4 is 0 Å². The first-order chi connectivity index (χ1) is 5.27. The molecule has 2 aromatic heterocycles. The maximum absolute atomic E-state index is 7.23. The van der Waals surface area contributed by atoms with Crippen LogP contribution in [0.5, 0.6) is 0 Å². The maximum Gasteiger partial charge on any atom is 0.0841 e. The molecule has 0 radical (unpaired) electrons. The minimum Gasteiger partial charge on any atom is -0.277 e. The van der Waals surface area contributed by atoms with Crippen LogP contribution in [0.3, 0.4) is 0 Å². The topological polar surface area (TPSA) is 41.6 Å². The van der Waals surface area contributed by atoms with Crippen LogP contribution >= 0.6 is 0 Å². The van der Waals surface area contributed by atoms with Crippen molar-refractivity contribution in [3.63, 3.8) is 0 Å². The maximum atomic E-state index is 7.23. The Hall–Kier alpha value is -1.38. The van der Waals surface area contributed by atoms with Crippen LogP contribution in [0.25, 0.3) is 10.9 Å². The molecule has 0 saturated carbocycles. The van der Waals surface area contributed by atoms with Gasteiger partial charge in [0, 0.05) is 17.8 Å². The summed E-state index contributed by atoms with van der Waals surface area (Å²) in [6.45, 7) is 1.91. The molecule has 1 N–H and O–H groups in total. The summed E-state index contributed by atoms with van der Waals surface area (Å²) < 4.78 is 7.23. The van der Waals surface area contributed by atoms with Gasteiger partial charge in [0.2, 0.25) is 0 Å². The highest BCUT2D eigenvalue weighted by molar-refractivity contribution is 5.79. The van der Waals surface area contributed by atoms with Crippen LogP contribution in [0.1, 0.15) is 7.06 Å². The van der Waals surface area contributed by atoms with E-state index in [-0.39, 0.29) is 6.17 Å². The molecule has 2 aromatic rings. The van der Waals surface area contributed by atoms with E-state index in [1.165, 1.54) is 0 Å². The van der Waals surface area contributed by atoms with Crippen molar-refractivity contribution in [1.82, 2.24) is 15.2 Å². The van der Waals surface area contributed by atoms with Crippen molar-refractivity contribution in [1.29, 1.82) is 0 Å². The van der Waals surface area contributed by atoms with Gasteiger partial charge in [0.15, 0.2) is 0 Å². The van der Waals surface area contributed by atoms with Crippen LogP contribution in [0.4, 0.5) is 0 Å². The molecule has 2 heterocycles. The van der Waals surface area contributed by atoms with Gasteiger partial charge >= 0.3 is 0 Å². The van der Waals surface area contributed by atoms with Gasteiger partial charge in [-0.15, -0.1) is 0 Å². The fraction of sp³-hybridized carbons (Fsp3) is 0.143. The quantitative estimate of drug-likeness (QED) is 0.589. The minimum atomic E-state index is 0.265. The lowest BCUT2D eigenvalue weighted by Gasteiger charge is -1.84. The lowest BCUT2D eigenvalue weighted by Crippen LogP contribution is -1.70.